The van der Waals surface area contributed by atoms with Crippen molar-refractivity contribution in [3.63, 3.8) is 0 Å². The van der Waals surface area contributed by atoms with Gasteiger partial charge in [0.05, 0.1) is 0 Å². The summed E-state index contributed by atoms with van der Waals surface area (Å²) in [6.45, 7) is -0.449. The van der Waals surface area contributed by atoms with Crippen molar-refractivity contribution in [1.29, 1.82) is 0 Å². The van der Waals surface area contributed by atoms with Gasteiger partial charge in [-0.05, 0) is 42.7 Å². The van der Waals surface area contributed by atoms with Crippen molar-refractivity contribution in [2.45, 2.75) is 30.5 Å². The van der Waals surface area contributed by atoms with Gasteiger partial charge in [-0.1, -0.05) is 0 Å². The maximum absolute atomic E-state index is 14.4. The van der Waals surface area contributed by atoms with Gasteiger partial charge >= 0.3 is 6.18 Å². The number of anilines is 2. The average molecular weight is 353 g/mol. The van der Waals surface area contributed by atoms with Crippen LogP contribution in [0.15, 0.2) is 35.3 Å². The van der Waals surface area contributed by atoms with Crippen molar-refractivity contribution in [1.82, 2.24) is 10.3 Å². The number of alkyl halides is 3. The summed E-state index contributed by atoms with van der Waals surface area (Å²) in [5.74, 6) is -0.756. The van der Waals surface area contributed by atoms with E-state index >= 15 is 0 Å². The molecule has 0 radical (unpaired) electrons. The Balaban J connectivity index is 2.01. The largest absolute Gasteiger partial charge is 0.403 e. The SMILES string of the molecule is O=c1[nH]ccc2c1Nc1ccc(F)cc1C2(CNC1CC1)C(F)(F)F. The third-order valence-electron chi connectivity index (χ3n) is 4.84. The van der Waals surface area contributed by atoms with Crippen LogP contribution < -0.4 is 16.2 Å². The van der Waals surface area contributed by atoms with Crippen LogP contribution >= 0.6 is 0 Å². The molecule has 1 fully saturated rings. The quantitative estimate of drug-likeness (QED) is 0.743. The number of rotatable bonds is 3. The van der Waals surface area contributed by atoms with Crippen LogP contribution in [-0.2, 0) is 5.41 Å². The number of aromatic nitrogens is 1. The Morgan fingerprint density at radius 1 is 1.20 bits per heavy atom. The number of pyridine rings is 1. The summed E-state index contributed by atoms with van der Waals surface area (Å²) in [6, 6.07) is 4.46. The first-order chi connectivity index (χ1) is 11.8. The van der Waals surface area contributed by atoms with E-state index in [0.29, 0.717) is 0 Å². The highest BCUT2D eigenvalue weighted by molar-refractivity contribution is 5.76. The van der Waals surface area contributed by atoms with Crippen LogP contribution in [0, 0.1) is 5.82 Å². The Morgan fingerprint density at radius 2 is 1.96 bits per heavy atom. The van der Waals surface area contributed by atoms with Gasteiger partial charge in [-0.2, -0.15) is 13.2 Å². The number of halogens is 4. The zero-order valence-corrected chi connectivity index (χ0v) is 13.0. The van der Waals surface area contributed by atoms with Gasteiger partial charge < -0.3 is 15.6 Å². The second-order valence-corrected chi connectivity index (χ2v) is 6.47. The third kappa shape index (κ3) is 2.43. The maximum Gasteiger partial charge on any atom is 0.403 e. The van der Waals surface area contributed by atoms with E-state index in [2.05, 4.69) is 15.6 Å². The number of hydrogen-bond donors (Lipinski definition) is 3. The highest BCUT2D eigenvalue weighted by Gasteiger charge is 2.60. The lowest BCUT2D eigenvalue weighted by Crippen LogP contribution is -2.53. The van der Waals surface area contributed by atoms with Crippen LogP contribution in [0.2, 0.25) is 0 Å². The Labute approximate surface area is 140 Å². The number of aromatic amines is 1. The molecule has 1 saturated carbocycles. The topological polar surface area (TPSA) is 56.9 Å². The predicted octanol–water partition coefficient (Wildman–Crippen LogP) is 3.17. The summed E-state index contributed by atoms with van der Waals surface area (Å²) in [5.41, 5.74) is -3.63. The summed E-state index contributed by atoms with van der Waals surface area (Å²) in [6.07, 6.45) is -1.92. The average Bonchev–Trinajstić information content (AvgIpc) is 3.36. The second-order valence-electron chi connectivity index (χ2n) is 6.47. The van der Waals surface area contributed by atoms with Gasteiger partial charge in [-0.15, -0.1) is 0 Å². The standard InChI is InChI=1S/C17H15F4N3O/c18-9-1-4-13-12(7-9)16(17(19,20)21,8-23-10-2-3-10)11-5-6-22-15(25)14(11)24-13/h1,4-7,10,23-24H,2-3,8H2,(H,22,25). The maximum atomic E-state index is 14.4. The molecule has 3 N–H and O–H groups in total. The number of fused-ring (bicyclic) bond motifs is 2. The molecular formula is C17H15F4N3O. The van der Waals surface area contributed by atoms with Crippen molar-refractivity contribution in [3.05, 3.63) is 57.8 Å². The molecule has 0 bridgehead atoms. The molecule has 25 heavy (non-hydrogen) atoms. The van der Waals surface area contributed by atoms with Crippen LogP contribution in [0.5, 0.6) is 0 Å². The molecule has 0 amide bonds. The highest BCUT2D eigenvalue weighted by Crippen LogP contribution is 2.53. The number of hydrogen-bond acceptors (Lipinski definition) is 3. The normalized spacial score (nSPS) is 22.1. The number of benzene rings is 1. The Bertz CT molecular complexity index is 888. The number of H-pyrrole nitrogens is 1. The lowest BCUT2D eigenvalue weighted by molar-refractivity contribution is -0.177. The minimum Gasteiger partial charge on any atom is -0.351 e. The van der Waals surface area contributed by atoms with Crippen LogP contribution in [0.3, 0.4) is 0 Å². The Hall–Kier alpha value is -2.35. The van der Waals surface area contributed by atoms with E-state index in [1.807, 2.05) is 0 Å². The summed E-state index contributed by atoms with van der Waals surface area (Å²) in [7, 11) is 0. The van der Waals surface area contributed by atoms with E-state index in [1.54, 1.807) is 0 Å². The highest BCUT2D eigenvalue weighted by atomic mass is 19.4. The second kappa shape index (κ2) is 5.32. The van der Waals surface area contributed by atoms with Crippen molar-refractivity contribution >= 4 is 11.4 Å². The van der Waals surface area contributed by atoms with E-state index < -0.39 is 29.5 Å². The first-order valence-electron chi connectivity index (χ1n) is 7.92. The zero-order chi connectivity index (χ0) is 17.8. The smallest absolute Gasteiger partial charge is 0.351 e. The molecule has 2 aromatic rings. The van der Waals surface area contributed by atoms with Crippen molar-refractivity contribution in [3.8, 4) is 0 Å². The molecule has 1 aromatic carbocycles. The lowest BCUT2D eigenvalue weighted by atomic mass is 9.70. The summed E-state index contributed by atoms with van der Waals surface area (Å²) >= 11 is 0. The van der Waals surface area contributed by atoms with Crippen LogP contribution in [0.25, 0.3) is 0 Å². The summed E-state index contributed by atoms with van der Waals surface area (Å²) in [4.78, 5) is 14.5. The molecule has 8 heteroatoms. The molecule has 1 unspecified atom stereocenters. The molecule has 2 heterocycles. The van der Waals surface area contributed by atoms with E-state index in [4.69, 9.17) is 0 Å². The van der Waals surface area contributed by atoms with Crippen molar-refractivity contribution < 1.29 is 17.6 Å². The van der Waals surface area contributed by atoms with Crippen LogP contribution in [0.4, 0.5) is 28.9 Å². The van der Waals surface area contributed by atoms with E-state index in [0.717, 1.165) is 25.0 Å². The predicted molar refractivity (Wildman–Crippen MR) is 84.6 cm³/mol. The van der Waals surface area contributed by atoms with Gasteiger partial charge in [-0.3, -0.25) is 4.79 Å². The molecule has 1 atom stereocenters. The van der Waals surface area contributed by atoms with Gasteiger partial charge in [0.15, 0.2) is 0 Å². The Kier molecular flexibility index (Phi) is 3.44. The molecule has 1 aliphatic heterocycles. The first kappa shape index (κ1) is 16.1. The van der Waals surface area contributed by atoms with Crippen LogP contribution in [0.1, 0.15) is 24.0 Å². The summed E-state index contributed by atoms with van der Waals surface area (Å²) < 4.78 is 57.0. The molecule has 132 valence electrons. The molecule has 1 aliphatic carbocycles. The minimum atomic E-state index is -4.72. The van der Waals surface area contributed by atoms with Crippen LogP contribution in [-0.4, -0.2) is 23.7 Å². The fraction of sp³-hybridized carbons (Fsp3) is 0.353. The van der Waals surface area contributed by atoms with E-state index in [-0.39, 0.29) is 28.5 Å². The van der Waals surface area contributed by atoms with Crippen molar-refractivity contribution in [2.24, 2.45) is 0 Å². The van der Waals surface area contributed by atoms with Gasteiger partial charge in [0.2, 0.25) is 0 Å². The monoisotopic (exact) mass is 353 g/mol. The van der Waals surface area contributed by atoms with E-state index in [1.165, 1.54) is 18.3 Å². The third-order valence-corrected chi connectivity index (χ3v) is 4.84. The number of nitrogens with one attached hydrogen (secondary N) is 3. The molecule has 4 nitrogen and oxygen atoms in total. The van der Waals surface area contributed by atoms with Gasteiger partial charge in [0.1, 0.15) is 16.9 Å². The summed E-state index contributed by atoms with van der Waals surface area (Å²) in [5, 5.41) is 5.64. The van der Waals surface area contributed by atoms with Gasteiger partial charge in [-0.25, -0.2) is 4.39 Å². The molecule has 1 aromatic heterocycles. The zero-order valence-electron chi connectivity index (χ0n) is 13.0. The minimum absolute atomic E-state index is 0.0246. The molecular weight excluding hydrogens is 338 g/mol. The van der Waals surface area contributed by atoms with Gasteiger partial charge in [0.25, 0.3) is 5.56 Å². The lowest BCUT2D eigenvalue weighted by Gasteiger charge is -2.42. The van der Waals surface area contributed by atoms with Gasteiger partial charge in [0, 0.05) is 30.0 Å². The van der Waals surface area contributed by atoms with E-state index in [9.17, 15) is 22.4 Å². The first-order valence-corrected chi connectivity index (χ1v) is 7.92. The fourth-order valence-electron chi connectivity index (χ4n) is 3.40. The molecule has 2 aliphatic rings. The Morgan fingerprint density at radius 3 is 2.64 bits per heavy atom. The molecule has 0 saturated heterocycles. The van der Waals surface area contributed by atoms with Crippen molar-refractivity contribution in [2.75, 3.05) is 11.9 Å². The molecule has 4 rings (SSSR count). The molecule has 0 spiro atoms. The fourth-order valence-corrected chi connectivity index (χ4v) is 3.40.